The largest absolute Gasteiger partial charge is 0.393 e. The van der Waals surface area contributed by atoms with Crippen molar-refractivity contribution in [2.75, 3.05) is 39.3 Å². The van der Waals surface area contributed by atoms with Crippen molar-refractivity contribution in [3.05, 3.63) is 0 Å². The van der Waals surface area contributed by atoms with Crippen molar-refractivity contribution in [1.82, 2.24) is 9.80 Å². The fourth-order valence-electron chi connectivity index (χ4n) is 2.20. The minimum atomic E-state index is 0.0145. The van der Waals surface area contributed by atoms with E-state index in [1.165, 1.54) is 45.7 Å². The fourth-order valence-corrected chi connectivity index (χ4v) is 2.30. The molecule has 0 aliphatic carbocycles. The molecule has 0 spiro atoms. The first-order chi connectivity index (χ1) is 7.95. The Balaban J connectivity index is 2.18. The number of nitrogens with zero attached hydrogens (tertiary/aromatic N) is 2. The number of likely N-dealkylation sites (N-methyl/N-ethyl adjacent to an activating group) is 1. The van der Waals surface area contributed by atoms with E-state index in [1.807, 2.05) is 0 Å². The molecule has 17 heavy (non-hydrogen) atoms. The van der Waals surface area contributed by atoms with Gasteiger partial charge in [-0.1, -0.05) is 33.0 Å². The molecule has 0 aromatic heterocycles. The van der Waals surface area contributed by atoms with Crippen LogP contribution in [0.2, 0.25) is 0 Å². The molecule has 2 N–H and O–H groups in total. The van der Waals surface area contributed by atoms with Crippen LogP contribution < -0.4 is 5.73 Å². The maximum atomic E-state index is 5.74. The first-order valence-electron chi connectivity index (χ1n) is 6.70. The summed E-state index contributed by atoms with van der Waals surface area (Å²) < 4.78 is 0. The van der Waals surface area contributed by atoms with Gasteiger partial charge in [0.15, 0.2) is 0 Å². The number of hydrogen-bond donors (Lipinski definition) is 1. The third kappa shape index (κ3) is 4.90. The summed E-state index contributed by atoms with van der Waals surface area (Å²) in [5.41, 5.74) is 5.75. The van der Waals surface area contributed by atoms with Crippen LogP contribution >= 0.6 is 12.2 Å². The van der Waals surface area contributed by atoms with Gasteiger partial charge in [-0.25, -0.2) is 0 Å². The van der Waals surface area contributed by atoms with E-state index in [9.17, 15) is 0 Å². The van der Waals surface area contributed by atoms with E-state index < -0.39 is 0 Å². The predicted octanol–water partition coefficient (Wildman–Crippen LogP) is 1.72. The number of hydrogen-bond acceptors (Lipinski definition) is 3. The average Bonchev–Trinajstić information content (AvgIpc) is 2.29. The molecule has 0 aromatic rings. The maximum absolute atomic E-state index is 5.74. The van der Waals surface area contributed by atoms with Crippen LogP contribution in [-0.2, 0) is 0 Å². The topological polar surface area (TPSA) is 32.5 Å². The highest BCUT2D eigenvalue weighted by Crippen LogP contribution is 2.22. The Hall–Kier alpha value is -0.190. The zero-order valence-corrected chi connectivity index (χ0v) is 12.4. The lowest BCUT2D eigenvalue weighted by atomic mass is 9.88. The molecule has 1 rings (SSSR count). The highest BCUT2D eigenvalue weighted by Gasteiger charge is 2.22. The van der Waals surface area contributed by atoms with Crippen molar-refractivity contribution >= 4 is 17.2 Å². The SMILES string of the molecule is CCN1CCN(CCCC(C)(C)C(N)=S)CC1. The second-order valence-corrected chi connectivity index (χ2v) is 6.07. The Kier molecular flexibility index (Phi) is 5.83. The molecular weight excluding hydrogens is 230 g/mol. The van der Waals surface area contributed by atoms with Gasteiger partial charge in [-0.15, -0.1) is 0 Å². The molecule has 3 nitrogen and oxygen atoms in total. The summed E-state index contributed by atoms with van der Waals surface area (Å²) in [7, 11) is 0. The molecule has 1 aliphatic rings. The summed E-state index contributed by atoms with van der Waals surface area (Å²) in [6.07, 6.45) is 2.28. The van der Waals surface area contributed by atoms with Gasteiger partial charge < -0.3 is 15.5 Å². The molecule has 0 unspecified atom stereocenters. The zero-order chi connectivity index (χ0) is 12.9. The lowest BCUT2D eigenvalue weighted by Gasteiger charge is -2.34. The summed E-state index contributed by atoms with van der Waals surface area (Å²) in [5.74, 6) is 0. The van der Waals surface area contributed by atoms with Gasteiger partial charge in [0.2, 0.25) is 0 Å². The van der Waals surface area contributed by atoms with E-state index in [0.29, 0.717) is 4.99 Å². The normalized spacial score (nSPS) is 19.5. The second kappa shape index (κ2) is 6.66. The smallest absolute Gasteiger partial charge is 0.0784 e. The lowest BCUT2D eigenvalue weighted by molar-refractivity contribution is 0.133. The standard InChI is InChI=1S/C13H27N3S/c1-4-15-8-10-16(11-9-15)7-5-6-13(2,3)12(14)17/h4-11H2,1-3H3,(H2,14,17). The molecule has 0 radical (unpaired) electrons. The summed E-state index contributed by atoms with van der Waals surface area (Å²) in [6.45, 7) is 13.7. The Labute approximate surface area is 111 Å². The van der Waals surface area contributed by atoms with E-state index in [-0.39, 0.29) is 5.41 Å². The summed E-state index contributed by atoms with van der Waals surface area (Å²) in [6, 6.07) is 0. The van der Waals surface area contributed by atoms with Crippen LogP contribution in [0.15, 0.2) is 0 Å². The van der Waals surface area contributed by atoms with Gasteiger partial charge in [-0.2, -0.15) is 0 Å². The predicted molar refractivity (Wildman–Crippen MR) is 78.4 cm³/mol. The van der Waals surface area contributed by atoms with Crippen molar-refractivity contribution in [3.63, 3.8) is 0 Å². The highest BCUT2D eigenvalue weighted by atomic mass is 32.1. The molecule has 1 saturated heterocycles. The Morgan fingerprint density at radius 3 is 2.18 bits per heavy atom. The van der Waals surface area contributed by atoms with Crippen molar-refractivity contribution in [1.29, 1.82) is 0 Å². The lowest BCUT2D eigenvalue weighted by Crippen LogP contribution is -2.46. The van der Waals surface area contributed by atoms with E-state index in [4.69, 9.17) is 18.0 Å². The molecular formula is C13H27N3S. The van der Waals surface area contributed by atoms with Crippen LogP contribution in [0.4, 0.5) is 0 Å². The zero-order valence-electron chi connectivity index (χ0n) is 11.5. The molecule has 1 heterocycles. The maximum Gasteiger partial charge on any atom is 0.0784 e. The highest BCUT2D eigenvalue weighted by molar-refractivity contribution is 7.80. The fraction of sp³-hybridized carbons (Fsp3) is 0.923. The number of rotatable bonds is 6. The molecule has 0 saturated carbocycles. The Morgan fingerprint density at radius 2 is 1.71 bits per heavy atom. The third-order valence-corrected chi connectivity index (χ3v) is 4.41. The van der Waals surface area contributed by atoms with Gasteiger partial charge in [-0.05, 0) is 25.9 Å². The van der Waals surface area contributed by atoms with Crippen LogP contribution in [-0.4, -0.2) is 54.1 Å². The van der Waals surface area contributed by atoms with Gasteiger partial charge in [0, 0.05) is 31.6 Å². The van der Waals surface area contributed by atoms with E-state index in [0.717, 1.165) is 6.42 Å². The molecule has 4 heteroatoms. The van der Waals surface area contributed by atoms with E-state index in [2.05, 4.69) is 30.6 Å². The number of nitrogens with two attached hydrogens (primary N) is 1. The van der Waals surface area contributed by atoms with Gasteiger partial charge in [0.1, 0.15) is 0 Å². The van der Waals surface area contributed by atoms with Crippen LogP contribution in [0.1, 0.15) is 33.6 Å². The summed E-state index contributed by atoms with van der Waals surface area (Å²) in [4.78, 5) is 5.71. The van der Waals surface area contributed by atoms with Crippen LogP contribution in [0.5, 0.6) is 0 Å². The van der Waals surface area contributed by atoms with Gasteiger partial charge in [0.25, 0.3) is 0 Å². The first kappa shape index (κ1) is 14.9. The van der Waals surface area contributed by atoms with E-state index >= 15 is 0 Å². The molecule has 0 aromatic carbocycles. The van der Waals surface area contributed by atoms with Gasteiger partial charge in [-0.3, -0.25) is 0 Å². The quantitative estimate of drug-likeness (QED) is 0.734. The first-order valence-corrected chi connectivity index (χ1v) is 7.11. The van der Waals surface area contributed by atoms with Crippen molar-refractivity contribution in [2.45, 2.75) is 33.6 Å². The van der Waals surface area contributed by atoms with Crippen LogP contribution in [0.25, 0.3) is 0 Å². The van der Waals surface area contributed by atoms with E-state index in [1.54, 1.807) is 0 Å². The Bertz CT molecular complexity index is 245. The van der Waals surface area contributed by atoms with Gasteiger partial charge >= 0.3 is 0 Å². The minimum Gasteiger partial charge on any atom is -0.393 e. The number of piperazine rings is 1. The average molecular weight is 257 g/mol. The Morgan fingerprint density at radius 1 is 1.18 bits per heavy atom. The molecule has 100 valence electrons. The summed E-state index contributed by atoms with van der Waals surface area (Å²) in [5, 5.41) is 0. The molecule has 1 aliphatic heterocycles. The van der Waals surface area contributed by atoms with Crippen molar-refractivity contribution in [2.24, 2.45) is 11.1 Å². The van der Waals surface area contributed by atoms with Crippen molar-refractivity contribution in [3.8, 4) is 0 Å². The van der Waals surface area contributed by atoms with Gasteiger partial charge in [0.05, 0.1) is 4.99 Å². The van der Waals surface area contributed by atoms with Crippen LogP contribution in [0, 0.1) is 5.41 Å². The summed E-state index contributed by atoms with van der Waals surface area (Å²) >= 11 is 5.09. The van der Waals surface area contributed by atoms with Crippen LogP contribution in [0.3, 0.4) is 0 Å². The van der Waals surface area contributed by atoms with Crippen molar-refractivity contribution < 1.29 is 0 Å². The molecule has 0 atom stereocenters. The monoisotopic (exact) mass is 257 g/mol. The third-order valence-electron chi connectivity index (χ3n) is 3.86. The molecule has 1 fully saturated rings. The second-order valence-electron chi connectivity index (χ2n) is 5.63. The number of thiocarbonyl (C=S) groups is 1. The molecule has 0 amide bonds. The molecule has 0 bridgehead atoms. The minimum absolute atomic E-state index is 0.0145.